The highest BCUT2D eigenvalue weighted by molar-refractivity contribution is 5.71. The second-order valence-corrected chi connectivity index (χ2v) is 5.32. The SMILES string of the molecule is CCN1CC=C(c2ccc(-c3ccccc3)cc2)CC1. The second kappa shape index (κ2) is 6.06. The molecule has 1 aliphatic rings. The monoisotopic (exact) mass is 263 g/mol. The second-order valence-electron chi connectivity index (χ2n) is 5.32. The van der Waals surface area contributed by atoms with Crippen LogP contribution in [0.5, 0.6) is 0 Å². The van der Waals surface area contributed by atoms with E-state index < -0.39 is 0 Å². The maximum atomic E-state index is 2.47. The fourth-order valence-corrected chi connectivity index (χ4v) is 2.77. The van der Waals surface area contributed by atoms with Gasteiger partial charge in [-0.15, -0.1) is 0 Å². The van der Waals surface area contributed by atoms with Gasteiger partial charge in [-0.2, -0.15) is 0 Å². The van der Waals surface area contributed by atoms with E-state index in [1.54, 1.807) is 0 Å². The van der Waals surface area contributed by atoms with E-state index in [0.717, 1.165) is 13.1 Å². The van der Waals surface area contributed by atoms with Crippen molar-refractivity contribution in [1.82, 2.24) is 4.90 Å². The van der Waals surface area contributed by atoms with Crippen LogP contribution >= 0.6 is 0 Å². The summed E-state index contributed by atoms with van der Waals surface area (Å²) in [5.74, 6) is 0. The molecule has 1 heterocycles. The quantitative estimate of drug-likeness (QED) is 0.790. The molecule has 2 aromatic rings. The highest BCUT2D eigenvalue weighted by atomic mass is 15.1. The summed E-state index contributed by atoms with van der Waals surface area (Å²) in [5, 5.41) is 0. The zero-order valence-electron chi connectivity index (χ0n) is 12.0. The van der Waals surface area contributed by atoms with Crippen molar-refractivity contribution in [3.63, 3.8) is 0 Å². The van der Waals surface area contributed by atoms with Crippen LogP contribution in [-0.4, -0.2) is 24.5 Å². The first kappa shape index (κ1) is 13.1. The molecule has 0 unspecified atom stereocenters. The molecule has 2 aromatic carbocycles. The van der Waals surface area contributed by atoms with Gasteiger partial charge in [0.25, 0.3) is 0 Å². The molecule has 0 aliphatic carbocycles. The lowest BCUT2D eigenvalue weighted by molar-refractivity contribution is 0.319. The Balaban J connectivity index is 1.79. The summed E-state index contributed by atoms with van der Waals surface area (Å²) in [6, 6.07) is 19.5. The summed E-state index contributed by atoms with van der Waals surface area (Å²) in [4.78, 5) is 2.47. The van der Waals surface area contributed by atoms with E-state index in [0.29, 0.717) is 0 Å². The molecular formula is C19H21N. The van der Waals surface area contributed by atoms with Crippen molar-refractivity contribution in [1.29, 1.82) is 0 Å². The number of rotatable bonds is 3. The standard InChI is InChI=1S/C19H21N/c1-2-20-14-12-19(13-15-20)18-10-8-17(9-11-18)16-6-4-3-5-7-16/h3-12H,2,13-15H2,1H3. The largest absolute Gasteiger partial charge is 0.300 e. The van der Waals surface area contributed by atoms with E-state index >= 15 is 0 Å². The van der Waals surface area contributed by atoms with Crippen molar-refractivity contribution in [2.45, 2.75) is 13.3 Å². The maximum absolute atomic E-state index is 2.47. The molecule has 0 saturated heterocycles. The highest BCUT2D eigenvalue weighted by Crippen LogP contribution is 2.25. The van der Waals surface area contributed by atoms with Gasteiger partial charge in [-0.05, 0) is 35.2 Å². The summed E-state index contributed by atoms with van der Waals surface area (Å²) >= 11 is 0. The molecule has 0 radical (unpaired) electrons. The Kier molecular flexibility index (Phi) is 3.98. The van der Waals surface area contributed by atoms with Crippen LogP contribution in [0, 0.1) is 0 Å². The summed E-state index contributed by atoms with van der Waals surface area (Å²) in [5.41, 5.74) is 5.45. The Hall–Kier alpha value is -1.86. The molecule has 102 valence electrons. The minimum Gasteiger partial charge on any atom is -0.300 e. The first-order chi connectivity index (χ1) is 9.86. The first-order valence-corrected chi connectivity index (χ1v) is 7.44. The number of benzene rings is 2. The molecule has 0 fully saturated rings. The molecular weight excluding hydrogens is 242 g/mol. The molecule has 1 heteroatoms. The lowest BCUT2D eigenvalue weighted by Gasteiger charge is -2.25. The molecule has 3 rings (SSSR count). The van der Waals surface area contributed by atoms with E-state index in [2.05, 4.69) is 72.5 Å². The number of hydrogen-bond donors (Lipinski definition) is 0. The third-order valence-electron chi connectivity index (χ3n) is 4.10. The minimum absolute atomic E-state index is 1.09. The average Bonchev–Trinajstić information content (AvgIpc) is 2.56. The van der Waals surface area contributed by atoms with Crippen molar-refractivity contribution in [3.05, 3.63) is 66.2 Å². The van der Waals surface area contributed by atoms with Crippen LogP contribution in [0.1, 0.15) is 18.9 Å². The van der Waals surface area contributed by atoms with E-state index in [4.69, 9.17) is 0 Å². The molecule has 0 spiro atoms. The van der Waals surface area contributed by atoms with Gasteiger partial charge >= 0.3 is 0 Å². The van der Waals surface area contributed by atoms with Crippen LogP contribution in [0.3, 0.4) is 0 Å². The molecule has 0 atom stereocenters. The highest BCUT2D eigenvalue weighted by Gasteiger charge is 2.11. The Bertz CT molecular complexity index is 581. The van der Waals surface area contributed by atoms with Gasteiger partial charge in [0, 0.05) is 13.1 Å². The van der Waals surface area contributed by atoms with E-state index in [-0.39, 0.29) is 0 Å². The van der Waals surface area contributed by atoms with Gasteiger partial charge < -0.3 is 0 Å². The fraction of sp³-hybridized carbons (Fsp3) is 0.263. The van der Waals surface area contributed by atoms with Gasteiger partial charge in [0.15, 0.2) is 0 Å². The van der Waals surface area contributed by atoms with Gasteiger partial charge in [0.2, 0.25) is 0 Å². The lowest BCUT2D eigenvalue weighted by atomic mass is 9.97. The van der Waals surface area contributed by atoms with Crippen LogP contribution in [-0.2, 0) is 0 Å². The van der Waals surface area contributed by atoms with Gasteiger partial charge in [0.05, 0.1) is 0 Å². The number of nitrogens with zero attached hydrogens (tertiary/aromatic N) is 1. The molecule has 1 nitrogen and oxygen atoms in total. The van der Waals surface area contributed by atoms with Crippen LogP contribution in [0.4, 0.5) is 0 Å². The summed E-state index contributed by atoms with van der Waals surface area (Å²) in [7, 11) is 0. The van der Waals surface area contributed by atoms with Gasteiger partial charge in [-0.3, -0.25) is 4.90 Å². The van der Waals surface area contributed by atoms with Gasteiger partial charge in [-0.25, -0.2) is 0 Å². The van der Waals surface area contributed by atoms with Gasteiger partial charge in [0.1, 0.15) is 0 Å². The molecule has 0 aromatic heterocycles. The predicted molar refractivity (Wildman–Crippen MR) is 86.6 cm³/mol. The van der Waals surface area contributed by atoms with Crippen LogP contribution in [0.25, 0.3) is 16.7 Å². The van der Waals surface area contributed by atoms with E-state index in [9.17, 15) is 0 Å². The predicted octanol–water partition coefficient (Wildman–Crippen LogP) is 4.46. The Morgan fingerprint density at radius 2 is 1.50 bits per heavy atom. The van der Waals surface area contributed by atoms with Crippen molar-refractivity contribution in [2.75, 3.05) is 19.6 Å². The smallest absolute Gasteiger partial charge is 0.0169 e. The zero-order valence-corrected chi connectivity index (χ0v) is 12.0. The third-order valence-corrected chi connectivity index (χ3v) is 4.10. The molecule has 0 bridgehead atoms. The van der Waals surface area contributed by atoms with Crippen LogP contribution in [0.15, 0.2) is 60.7 Å². The average molecular weight is 263 g/mol. The van der Waals surface area contributed by atoms with Crippen molar-refractivity contribution < 1.29 is 0 Å². The van der Waals surface area contributed by atoms with Crippen molar-refractivity contribution in [2.24, 2.45) is 0 Å². The third kappa shape index (κ3) is 2.83. The molecule has 0 N–H and O–H groups in total. The maximum Gasteiger partial charge on any atom is 0.0169 e. The van der Waals surface area contributed by atoms with E-state index in [1.807, 2.05) is 0 Å². The van der Waals surface area contributed by atoms with Gasteiger partial charge in [-0.1, -0.05) is 67.6 Å². The van der Waals surface area contributed by atoms with Crippen molar-refractivity contribution in [3.8, 4) is 11.1 Å². The number of likely N-dealkylation sites (N-methyl/N-ethyl adjacent to an activating group) is 1. The topological polar surface area (TPSA) is 3.24 Å². The summed E-state index contributed by atoms with van der Waals surface area (Å²) in [6.07, 6.45) is 3.54. The minimum atomic E-state index is 1.09. The fourth-order valence-electron chi connectivity index (χ4n) is 2.77. The normalized spacial score (nSPS) is 15.9. The Morgan fingerprint density at radius 3 is 2.10 bits per heavy atom. The molecule has 0 amide bonds. The van der Waals surface area contributed by atoms with Crippen molar-refractivity contribution >= 4 is 5.57 Å². The summed E-state index contributed by atoms with van der Waals surface area (Å²) < 4.78 is 0. The molecule has 20 heavy (non-hydrogen) atoms. The Labute approximate surface area is 121 Å². The zero-order chi connectivity index (χ0) is 13.8. The molecule has 1 aliphatic heterocycles. The molecule has 0 saturated carbocycles. The first-order valence-electron chi connectivity index (χ1n) is 7.44. The lowest BCUT2D eigenvalue weighted by Crippen LogP contribution is -2.27. The van der Waals surface area contributed by atoms with Crippen LogP contribution < -0.4 is 0 Å². The van der Waals surface area contributed by atoms with E-state index in [1.165, 1.54) is 35.2 Å². The van der Waals surface area contributed by atoms with Crippen LogP contribution in [0.2, 0.25) is 0 Å². The number of hydrogen-bond acceptors (Lipinski definition) is 1. The summed E-state index contributed by atoms with van der Waals surface area (Å²) in [6.45, 7) is 5.65. The Morgan fingerprint density at radius 1 is 0.850 bits per heavy atom.